The highest BCUT2D eigenvalue weighted by atomic mass is 79.9. The Morgan fingerprint density at radius 1 is 1.22 bits per heavy atom. The van der Waals surface area contributed by atoms with Gasteiger partial charge in [0, 0.05) is 24.1 Å². The summed E-state index contributed by atoms with van der Waals surface area (Å²) in [6.07, 6.45) is 14.1. The van der Waals surface area contributed by atoms with Gasteiger partial charge in [0.05, 0.1) is 0 Å². The fourth-order valence-corrected chi connectivity index (χ4v) is 3.41. The zero-order chi connectivity index (χ0) is 15.1. The van der Waals surface area contributed by atoms with Crippen molar-refractivity contribution in [1.29, 1.82) is 0 Å². The smallest absolute Gasteiger partial charge is 0.173 e. The third-order valence-electron chi connectivity index (χ3n) is 4.73. The van der Waals surface area contributed by atoms with Crippen LogP contribution in [-0.2, 0) is 6.54 Å². The molecule has 1 aromatic rings. The average molecular weight is 450 g/mol. The zero-order valence-electron chi connectivity index (χ0n) is 15.0. The van der Waals surface area contributed by atoms with Gasteiger partial charge in [-0.2, -0.15) is 0 Å². The van der Waals surface area contributed by atoms with E-state index in [0.717, 1.165) is 5.92 Å². The van der Waals surface area contributed by atoms with Gasteiger partial charge in [-0.1, -0.05) is 33.1 Å². The minimum atomic E-state index is 0. The number of halogens is 2. The van der Waals surface area contributed by atoms with Crippen LogP contribution in [0.2, 0.25) is 0 Å². The molecular weight excluding hydrogens is 416 g/mol. The summed E-state index contributed by atoms with van der Waals surface area (Å²) in [7, 11) is 2.25. The van der Waals surface area contributed by atoms with Crippen molar-refractivity contribution in [2.24, 2.45) is 5.92 Å². The van der Waals surface area contributed by atoms with E-state index in [1.54, 1.807) is 0 Å². The first-order chi connectivity index (χ1) is 10.2. The summed E-state index contributed by atoms with van der Waals surface area (Å²) in [6, 6.07) is 5.16. The van der Waals surface area contributed by atoms with Crippen LogP contribution in [0.3, 0.4) is 0 Å². The molecule has 1 fully saturated rings. The molecule has 2 nitrogen and oxygen atoms in total. The first kappa shape index (κ1) is 23.1. The van der Waals surface area contributed by atoms with E-state index in [9.17, 15) is 0 Å². The van der Waals surface area contributed by atoms with E-state index in [1.165, 1.54) is 63.6 Å². The molecule has 1 aliphatic heterocycles. The summed E-state index contributed by atoms with van der Waals surface area (Å²) < 4.78 is 2.39. The topological polar surface area (TPSA) is 7.12 Å². The van der Waals surface area contributed by atoms with Crippen LogP contribution in [-0.4, -0.2) is 18.5 Å². The fourth-order valence-electron chi connectivity index (χ4n) is 3.41. The van der Waals surface area contributed by atoms with Crippen molar-refractivity contribution >= 4 is 17.0 Å². The summed E-state index contributed by atoms with van der Waals surface area (Å²) >= 11 is 0. The quantitative estimate of drug-likeness (QED) is 0.434. The number of aromatic nitrogens is 1. The summed E-state index contributed by atoms with van der Waals surface area (Å²) in [6.45, 7) is 7.06. The molecule has 0 aliphatic carbocycles. The van der Waals surface area contributed by atoms with Gasteiger partial charge in [0.15, 0.2) is 12.4 Å². The molecule has 1 aromatic heterocycles. The van der Waals surface area contributed by atoms with Gasteiger partial charge in [0.2, 0.25) is 0 Å². The van der Waals surface area contributed by atoms with Crippen molar-refractivity contribution in [3.63, 3.8) is 0 Å². The van der Waals surface area contributed by atoms with Crippen LogP contribution in [0, 0.1) is 5.92 Å². The minimum Gasteiger partial charge on any atom is -1.00 e. The largest absolute Gasteiger partial charge is 1.00 e. The van der Waals surface area contributed by atoms with E-state index >= 15 is 0 Å². The van der Waals surface area contributed by atoms with Crippen LogP contribution in [0.5, 0.6) is 0 Å². The molecule has 1 aliphatic rings. The van der Waals surface area contributed by atoms with Gasteiger partial charge in [-0.25, -0.2) is 4.57 Å². The Bertz CT molecular complexity index is 424. The predicted octanol–water partition coefficient (Wildman–Crippen LogP) is 1.93. The maximum atomic E-state index is 2.49. The van der Waals surface area contributed by atoms with Gasteiger partial charge in [0.25, 0.3) is 0 Å². The first-order valence-electron chi connectivity index (χ1n) is 8.86. The maximum Gasteiger partial charge on any atom is 0.173 e. The number of hydrogen-bond donors (Lipinski definition) is 0. The molecule has 0 aromatic carbocycles. The second kappa shape index (κ2) is 12.4. The highest BCUT2D eigenvalue weighted by molar-refractivity contribution is 8.93. The van der Waals surface area contributed by atoms with Crippen molar-refractivity contribution < 1.29 is 21.5 Å². The van der Waals surface area contributed by atoms with Crippen molar-refractivity contribution in [2.75, 3.05) is 13.6 Å². The second-order valence-electron chi connectivity index (χ2n) is 7.11. The third kappa shape index (κ3) is 8.13. The van der Waals surface area contributed by atoms with Gasteiger partial charge in [-0.3, -0.25) is 4.90 Å². The molecule has 1 unspecified atom stereocenters. The van der Waals surface area contributed by atoms with E-state index in [-0.39, 0.29) is 34.0 Å². The van der Waals surface area contributed by atoms with E-state index in [4.69, 9.17) is 0 Å². The number of unbranched alkanes of at least 4 members (excludes halogenated alkanes) is 3. The summed E-state index contributed by atoms with van der Waals surface area (Å²) in [4.78, 5) is 2.49. The van der Waals surface area contributed by atoms with E-state index < -0.39 is 0 Å². The molecule has 0 radical (unpaired) electrons. The van der Waals surface area contributed by atoms with Gasteiger partial charge >= 0.3 is 0 Å². The van der Waals surface area contributed by atoms with Gasteiger partial charge in [-0.15, -0.1) is 17.0 Å². The Labute approximate surface area is 164 Å². The lowest BCUT2D eigenvalue weighted by molar-refractivity contribution is -0.697. The van der Waals surface area contributed by atoms with Gasteiger partial charge in [0.1, 0.15) is 6.54 Å². The minimum absolute atomic E-state index is 0. The van der Waals surface area contributed by atoms with Gasteiger partial charge in [-0.05, 0) is 44.8 Å². The molecule has 134 valence electrons. The number of pyridine rings is 1. The molecule has 2 heterocycles. The lowest BCUT2D eigenvalue weighted by atomic mass is 10.0. The molecule has 1 atom stereocenters. The molecule has 0 bridgehead atoms. The Morgan fingerprint density at radius 3 is 2.61 bits per heavy atom. The van der Waals surface area contributed by atoms with Crippen molar-refractivity contribution in [2.45, 2.75) is 71.4 Å². The van der Waals surface area contributed by atoms with E-state index in [2.05, 4.69) is 54.9 Å². The van der Waals surface area contributed by atoms with Crippen LogP contribution >= 0.6 is 17.0 Å². The lowest BCUT2D eigenvalue weighted by Gasteiger charge is -2.18. The molecule has 1 saturated heterocycles. The fraction of sp³-hybridized carbons (Fsp3) is 0.737. The number of aryl methyl sites for hydroxylation is 1. The van der Waals surface area contributed by atoms with Gasteiger partial charge < -0.3 is 17.0 Å². The van der Waals surface area contributed by atoms with Crippen LogP contribution in [0.4, 0.5) is 0 Å². The first-order valence-corrected chi connectivity index (χ1v) is 8.86. The zero-order valence-corrected chi connectivity index (χ0v) is 18.3. The van der Waals surface area contributed by atoms with Crippen LogP contribution in [0.15, 0.2) is 24.5 Å². The Morgan fingerprint density at radius 2 is 1.96 bits per heavy atom. The average Bonchev–Trinajstić information content (AvgIpc) is 2.89. The standard InChI is InChI=1S/C19H33N2.2BrH/c1-17(2)10-6-4-5-7-14-21-15-8-11-18(16-21)19-12-9-13-20(19)3;;/h8,11,15-17,19H,4-7,9-10,12-14H2,1-3H3;2*1H/q+1;;/p-1. The molecule has 0 N–H and O–H groups in total. The summed E-state index contributed by atoms with van der Waals surface area (Å²) in [5.41, 5.74) is 1.50. The molecule has 23 heavy (non-hydrogen) atoms. The molecule has 2 rings (SSSR count). The molecule has 0 saturated carbocycles. The van der Waals surface area contributed by atoms with E-state index in [1.807, 2.05) is 0 Å². The maximum absolute atomic E-state index is 2.49. The monoisotopic (exact) mass is 448 g/mol. The molecular formula is C19H34Br2N2. The number of rotatable bonds is 8. The van der Waals surface area contributed by atoms with E-state index in [0.29, 0.717) is 6.04 Å². The highest BCUT2D eigenvalue weighted by Crippen LogP contribution is 2.29. The lowest BCUT2D eigenvalue weighted by Crippen LogP contribution is -3.00. The Kier molecular flexibility index (Phi) is 12.5. The number of likely N-dealkylation sites (tertiary alicyclic amines) is 1. The SMILES string of the molecule is Br.CC(C)CCCCCC[n+]1cccc(C2CCCN2C)c1.[Br-]. The third-order valence-corrected chi connectivity index (χ3v) is 4.73. The van der Waals surface area contributed by atoms with Crippen molar-refractivity contribution in [3.8, 4) is 0 Å². The highest BCUT2D eigenvalue weighted by Gasteiger charge is 2.24. The molecule has 4 heteroatoms. The summed E-state index contributed by atoms with van der Waals surface area (Å²) in [5.74, 6) is 0.861. The Hall–Kier alpha value is 0.0700. The predicted molar refractivity (Wildman–Crippen MR) is 99.5 cm³/mol. The van der Waals surface area contributed by atoms with Crippen LogP contribution in [0.1, 0.15) is 70.4 Å². The Balaban J connectivity index is 0.00000242. The summed E-state index contributed by atoms with van der Waals surface area (Å²) in [5, 5.41) is 0. The normalized spacial score (nSPS) is 17.8. The second-order valence-corrected chi connectivity index (χ2v) is 7.11. The molecule has 0 amide bonds. The van der Waals surface area contributed by atoms with Crippen LogP contribution < -0.4 is 21.5 Å². The van der Waals surface area contributed by atoms with Crippen molar-refractivity contribution in [3.05, 3.63) is 30.1 Å². The number of nitrogens with zero attached hydrogens (tertiary/aromatic N) is 2. The van der Waals surface area contributed by atoms with Crippen LogP contribution in [0.25, 0.3) is 0 Å². The molecule has 0 spiro atoms. The number of hydrogen-bond acceptors (Lipinski definition) is 1. The van der Waals surface area contributed by atoms with Crippen molar-refractivity contribution in [1.82, 2.24) is 4.90 Å².